The number of carboxylic acid groups (broad SMARTS) is 1. The molecule has 0 aromatic carbocycles. The third-order valence-corrected chi connectivity index (χ3v) is 3.83. The first-order valence-corrected chi connectivity index (χ1v) is 6.11. The molecule has 1 saturated carbocycles. The molecule has 3 rings (SSSR count). The fourth-order valence-corrected chi connectivity index (χ4v) is 2.73. The number of rotatable bonds is 2. The van der Waals surface area contributed by atoms with E-state index in [1.807, 2.05) is 4.68 Å². The van der Waals surface area contributed by atoms with Crippen LogP contribution in [-0.4, -0.2) is 20.9 Å². The monoisotopic (exact) mass is 220 g/mol. The van der Waals surface area contributed by atoms with Crippen LogP contribution in [0.2, 0.25) is 0 Å². The van der Waals surface area contributed by atoms with Crippen molar-refractivity contribution in [3.8, 4) is 0 Å². The second-order valence-corrected chi connectivity index (χ2v) is 4.82. The van der Waals surface area contributed by atoms with Gasteiger partial charge in [-0.15, -0.1) is 0 Å². The van der Waals surface area contributed by atoms with E-state index in [0.29, 0.717) is 11.7 Å². The molecule has 1 fully saturated rings. The van der Waals surface area contributed by atoms with Gasteiger partial charge in [-0.05, 0) is 44.9 Å². The number of carboxylic acids is 1. The summed E-state index contributed by atoms with van der Waals surface area (Å²) >= 11 is 0. The number of nitrogens with zero attached hydrogens (tertiary/aromatic N) is 2. The Balaban J connectivity index is 2.07. The van der Waals surface area contributed by atoms with Crippen LogP contribution in [0.3, 0.4) is 0 Å². The highest BCUT2D eigenvalue weighted by Gasteiger charge is 2.29. The zero-order valence-corrected chi connectivity index (χ0v) is 9.28. The Morgan fingerprint density at radius 2 is 2.00 bits per heavy atom. The summed E-state index contributed by atoms with van der Waals surface area (Å²) in [7, 11) is 0. The van der Waals surface area contributed by atoms with Crippen molar-refractivity contribution in [2.45, 2.75) is 51.0 Å². The summed E-state index contributed by atoms with van der Waals surface area (Å²) in [6, 6.07) is 0.472. The smallest absolute Gasteiger partial charge is 0.356 e. The molecular formula is C12H16N2O2. The fraction of sp³-hybridized carbons (Fsp3) is 0.667. The first-order valence-electron chi connectivity index (χ1n) is 6.11. The Bertz CT molecular complexity index is 432. The zero-order valence-electron chi connectivity index (χ0n) is 9.28. The van der Waals surface area contributed by atoms with Crippen molar-refractivity contribution in [3.63, 3.8) is 0 Å². The summed E-state index contributed by atoms with van der Waals surface area (Å²) in [6.45, 7) is 0. The van der Waals surface area contributed by atoms with Crippen molar-refractivity contribution in [1.29, 1.82) is 0 Å². The fourth-order valence-electron chi connectivity index (χ4n) is 2.73. The van der Waals surface area contributed by atoms with E-state index in [1.165, 1.54) is 18.5 Å². The quantitative estimate of drug-likeness (QED) is 0.831. The molecule has 0 bridgehead atoms. The number of carbonyl (C=O) groups is 1. The van der Waals surface area contributed by atoms with E-state index >= 15 is 0 Å². The lowest BCUT2D eigenvalue weighted by Crippen LogP contribution is -2.21. The number of fused-ring (bicyclic) bond motifs is 1. The molecule has 1 heterocycles. The molecule has 1 aromatic heterocycles. The molecule has 0 unspecified atom stereocenters. The SMILES string of the molecule is O=C(O)c1nn(C2CCC2)c2c1CCCC2. The van der Waals surface area contributed by atoms with Gasteiger partial charge in [0.25, 0.3) is 0 Å². The molecule has 1 N–H and O–H groups in total. The van der Waals surface area contributed by atoms with E-state index in [9.17, 15) is 4.79 Å². The van der Waals surface area contributed by atoms with Crippen molar-refractivity contribution in [1.82, 2.24) is 9.78 Å². The standard InChI is InChI=1S/C12H16N2O2/c15-12(16)11-9-6-1-2-7-10(9)14(13-11)8-4-3-5-8/h8H,1-7H2,(H,15,16). The van der Waals surface area contributed by atoms with Crippen molar-refractivity contribution in [2.24, 2.45) is 0 Å². The lowest BCUT2D eigenvalue weighted by Gasteiger charge is -2.28. The van der Waals surface area contributed by atoms with Crippen molar-refractivity contribution >= 4 is 5.97 Å². The summed E-state index contributed by atoms with van der Waals surface area (Å²) in [4.78, 5) is 11.1. The summed E-state index contributed by atoms with van der Waals surface area (Å²) in [5, 5.41) is 13.5. The summed E-state index contributed by atoms with van der Waals surface area (Å²) in [5.74, 6) is -0.865. The van der Waals surface area contributed by atoms with Gasteiger partial charge in [-0.25, -0.2) is 4.79 Å². The van der Waals surface area contributed by atoms with Gasteiger partial charge in [0, 0.05) is 11.3 Å². The van der Waals surface area contributed by atoms with Gasteiger partial charge in [-0.1, -0.05) is 0 Å². The van der Waals surface area contributed by atoms with Gasteiger partial charge in [0.1, 0.15) is 0 Å². The minimum atomic E-state index is -0.865. The normalized spacial score (nSPS) is 20.2. The van der Waals surface area contributed by atoms with Crippen LogP contribution in [0.15, 0.2) is 0 Å². The van der Waals surface area contributed by atoms with Crippen LogP contribution in [0, 0.1) is 0 Å². The Morgan fingerprint density at radius 3 is 2.62 bits per heavy atom. The molecule has 0 saturated heterocycles. The van der Waals surface area contributed by atoms with E-state index in [0.717, 1.165) is 37.7 Å². The minimum absolute atomic E-state index is 0.307. The average molecular weight is 220 g/mol. The van der Waals surface area contributed by atoms with Gasteiger partial charge in [-0.2, -0.15) is 5.10 Å². The third-order valence-electron chi connectivity index (χ3n) is 3.83. The molecule has 2 aliphatic rings. The van der Waals surface area contributed by atoms with Crippen molar-refractivity contribution in [3.05, 3.63) is 17.0 Å². The van der Waals surface area contributed by atoms with E-state index in [4.69, 9.17) is 5.11 Å². The molecular weight excluding hydrogens is 204 g/mol. The molecule has 16 heavy (non-hydrogen) atoms. The molecule has 2 aliphatic carbocycles. The maximum atomic E-state index is 11.1. The second kappa shape index (κ2) is 3.61. The Kier molecular flexibility index (Phi) is 2.23. The molecule has 4 heteroatoms. The molecule has 4 nitrogen and oxygen atoms in total. The molecule has 0 atom stereocenters. The van der Waals surface area contributed by atoms with Crippen molar-refractivity contribution in [2.75, 3.05) is 0 Å². The second-order valence-electron chi connectivity index (χ2n) is 4.82. The lowest BCUT2D eigenvalue weighted by molar-refractivity contribution is 0.0687. The first-order chi connectivity index (χ1) is 7.77. The molecule has 0 aliphatic heterocycles. The molecule has 0 radical (unpaired) electrons. The van der Waals surface area contributed by atoms with Crippen LogP contribution in [-0.2, 0) is 12.8 Å². The van der Waals surface area contributed by atoms with Gasteiger partial charge < -0.3 is 5.11 Å². The maximum Gasteiger partial charge on any atom is 0.356 e. The van der Waals surface area contributed by atoms with E-state index in [1.54, 1.807) is 0 Å². The third kappa shape index (κ3) is 1.36. The predicted molar refractivity (Wildman–Crippen MR) is 58.7 cm³/mol. The van der Waals surface area contributed by atoms with Crippen molar-refractivity contribution < 1.29 is 9.90 Å². The van der Waals surface area contributed by atoms with E-state index in [-0.39, 0.29) is 0 Å². The summed E-state index contributed by atoms with van der Waals surface area (Å²) in [6.07, 6.45) is 7.74. The molecule has 0 amide bonds. The predicted octanol–water partition coefficient (Wildman–Crippen LogP) is 2.19. The van der Waals surface area contributed by atoms with Gasteiger partial charge >= 0.3 is 5.97 Å². The molecule has 86 valence electrons. The highest BCUT2D eigenvalue weighted by atomic mass is 16.4. The Hall–Kier alpha value is -1.32. The van der Waals surface area contributed by atoms with Crippen LogP contribution >= 0.6 is 0 Å². The molecule has 0 spiro atoms. The highest BCUT2D eigenvalue weighted by Crippen LogP contribution is 2.35. The largest absolute Gasteiger partial charge is 0.476 e. The first kappa shape index (κ1) is 9.87. The lowest BCUT2D eigenvalue weighted by atomic mass is 9.91. The van der Waals surface area contributed by atoms with Crippen LogP contribution in [0.1, 0.15) is 59.9 Å². The van der Waals surface area contributed by atoms with E-state index < -0.39 is 5.97 Å². The van der Waals surface area contributed by atoms with Crippen LogP contribution < -0.4 is 0 Å². The van der Waals surface area contributed by atoms with Crippen LogP contribution in [0.5, 0.6) is 0 Å². The number of aromatic carboxylic acids is 1. The summed E-state index contributed by atoms with van der Waals surface area (Å²) in [5.41, 5.74) is 2.51. The Labute approximate surface area is 94.3 Å². The number of hydrogen-bond acceptors (Lipinski definition) is 2. The zero-order chi connectivity index (χ0) is 11.1. The van der Waals surface area contributed by atoms with E-state index in [2.05, 4.69) is 5.10 Å². The summed E-state index contributed by atoms with van der Waals surface area (Å²) < 4.78 is 2.02. The average Bonchev–Trinajstić information content (AvgIpc) is 2.56. The van der Waals surface area contributed by atoms with Crippen LogP contribution in [0.4, 0.5) is 0 Å². The maximum absolute atomic E-state index is 11.1. The topological polar surface area (TPSA) is 55.1 Å². The van der Waals surface area contributed by atoms with Gasteiger partial charge in [0.15, 0.2) is 5.69 Å². The number of hydrogen-bond donors (Lipinski definition) is 1. The van der Waals surface area contributed by atoms with Crippen LogP contribution in [0.25, 0.3) is 0 Å². The van der Waals surface area contributed by atoms with Gasteiger partial charge in [0.05, 0.1) is 6.04 Å². The molecule has 1 aromatic rings. The van der Waals surface area contributed by atoms with Gasteiger partial charge in [-0.3, -0.25) is 4.68 Å². The van der Waals surface area contributed by atoms with Gasteiger partial charge in [0.2, 0.25) is 0 Å². The Morgan fingerprint density at radius 1 is 1.25 bits per heavy atom. The minimum Gasteiger partial charge on any atom is -0.476 e. The number of aromatic nitrogens is 2. The highest BCUT2D eigenvalue weighted by molar-refractivity contribution is 5.87.